The zero-order valence-electron chi connectivity index (χ0n) is 15.3. The van der Waals surface area contributed by atoms with Crippen molar-refractivity contribution in [3.63, 3.8) is 0 Å². The molecule has 9 heteroatoms. The Hall–Kier alpha value is -3.82. The van der Waals surface area contributed by atoms with E-state index in [1.807, 2.05) is 0 Å². The molecule has 0 fully saturated rings. The number of nitro groups is 1. The van der Waals surface area contributed by atoms with Crippen molar-refractivity contribution in [1.82, 2.24) is 10.8 Å². The van der Waals surface area contributed by atoms with Gasteiger partial charge < -0.3 is 11.1 Å². The molecule has 9 nitrogen and oxygen atoms in total. The van der Waals surface area contributed by atoms with Crippen LogP contribution in [0.3, 0.4) is 0 Å². The van der Waals surface area contributed by atoms with Crippen LogP contribution in [0.1, 0.15) is 21.5 Å². The number of hydroxylamine groups is 1. The quantitative estimate of drug-likeness (QED) is 0.232. The third-order valence-corrected chi connectivity index (χ3v) is 3.91. The number of non-ortho nitro benzene ring substituents is 1. The van der Waals surface area contributed by atoms with E-state index in [2.05, 4.69) is 5.32 Å². The van der Waals surface area contributed by atoms with Crippen molar-refractivity contribution in [2.45, 2.75) is 6.04 Å². The molecule has 0 radical (unpaired) electrons. The summed E-state index contributed by atoms with van der Waals surface area (Å²) in [6, 6.07) is 11.9. The molecule has 0 aliphatic carbocycles. The lowest BCUT2D eigenvalue weighted by Gasteiger charge is -2.14. The highest BCUT2D eigenvalue weighted by molar-refractivity contribution is 5.97. The number of benzene rings is 2. The maximum absolute atomic E-state index is 12.1. The fourth-order valence-electron chi connectivity index (χ4n) is 2.37. The second kappa shape index (κ2) is 10.5. The number of amides is 2. The zero-order chi connectivity index (χ0) is 21.2. The van der Waals surface area contributed by atoms with E-state index < -0.39 is 22.8 Å². The number of allylic oxidation sites excluding steroid dienone is 2. The van der Waals surface area contributed by atoms with Gasteiger partial charge in [0.25, 0.3) is 17.5 Å². The number of nitrogens with zero attached hydrogens (tertiary/aromatic N) is 1. The first kappa shape index (κ1) is 21.5. The first-order valence-corrected chi connectivity index (χ1v) is 8.58. The Morgan fingerprint density at radius 3 is 2.34 bits per heavy atom. The summed E-state index contributed by atoms with van der Waals surface area (Å²) in [4.78, 5) is 33.8. The van der Waals surface area contributed by atoms with Gasteiger partial charge in [-0.2, -0.15) is 0 Å². The van der Waals surface area contributed by atoms with Crippen molar-refractivity contribution in [2.24, 2.45) is 5.73 Å². The zero-order valence-corrected chi connectivity index (χ0v) is 15.3. The molecule has 0 aliphatic rings. The van der Waals surface area contributed by atoms with Crippen LogP contribution in [0.25, 0.3) is 12.2 Å². The summed E-state index contributed by atoms with van der Waals surface area (Å²) in [5.74, 6) is -1.29. The van der Waals surface area contributed by atoms with E-state index in [0.717, 1.165) is 5.56 Å². The fraction of sp³-hybridized carbons (Fsp3) is 0.100. The van der Waals surface area contributed by atoms with Crippen LogP contribution in [0.4, 0.5) is 5.69 Å². The predicted octanol–water partition coefficient (Wildman–Crippen LogP) is 1.88. The normalized spacial score (nSPS) is 12.1. The number of nitro benzene ring substituents is 1. The number of hydrogen-bond acceptors (Lipinski definition) is 6. The minimum atomic E-state index is -1.04. The first-order valence-electron chi connectivity index (χ1n) is 8.58. The molecule has 5 N–H and O–H groups in total. The molecule has 0 unspecified atom stereocenters. The van der Waals surface area contributed by atoms with Crippen molar-refractivity contribution in [1.29, 1.82) is 0 Å². The second-order valence-electron chi connectivity index (χ2n) is 5.93. The van der Waals surface area contributed by atoms with E-state index in [9.17, 15) is 19.7 Å². The highest BCUT2D eigenvalue weighted by Crippen LogP contribution is 2.14. The van der Waals surface area contributed by atoms with Gasteiger partial charge >= 0.3 is 0 Å². The van der Waals surface area contributed by atoms with Gasteiger partial charge in [0.15, 0.2) is 0 Å². The molecule has 0 heterocycles. The molecule has 150 valence electrons. The van der Waals surface area contributed by atoms with Gasteiger partial charge in [-0.3, -0.25) is 24.9 Å². The Morgan fingerprint density at radius 1 is 1.10 bits per heavy atom. The average molecular weight is 396 g/mol. The van der Waals surface area contributed by atoms with Crippen molar-refractivity contribution in [2.75, 3.05) is 6.54 Å². The highest BCUT2D eigenvalue weighted by Gasteiger charge is 2.19. The third-order valence-electron chi connectivity index (χ3n) is 3.91. The van der Waals surface area contributed by atoms with Crippen LogP contribution in [0.2, 0.25) is 0 Å². The third kappa shape index (κ3) is 6.38. The smallest absolute Gasteiger partial charge is 0.270 e. The van der Waals surface area contributed by atoms with Crippen LogP contribution in [0.15, 0.2) is 60.7 Å². The van der Waals surface area contributed by atoms with E-state index in [-0.39, 0.29) is 12.2 Å². The van der Waals surface area contributed by atoms with Crippen molar-refractivity contribution >= 4 is 29.7 Å². The summed E-state index contributed by atoms with van der Waals surface area (Å²) in [7, 11) is 0. The Bertz CT molecular complexity index is 938. The van der Waals surface area contributed by atoms with Crippen molar-refractivity contribution < 1.29 is 19.7 Å². The summed E-state index contributed by atoms with van der Waals surface area (Å²) in [5.41, 5.74) is 8.74. The van der Waals surface area contributed by atoms with Gasteiger partial charge in [0.1, 0.15) is 6.04 Å². The largest absolute Gasteiger partial charge is 0.339 e. The van der Waals surface area contributed by atoms with E-state index in [1.54, 1.807) is 60.7 Å². The van der Waals surface area contributed by atoms with Gasteiger partial charge in [-0.1, -0.05) is 48.6 Å². The number of nitrogens with two attached hydrogens (primary N) is 1. The van der Waals surface area contributed by atoms with Gasteiger partial charge in [-0.25, -0.2) is 5.48 Å². The Kier molecular flexibility index (Phi) is 7.78. The minimum Gasteiger partial charge on any atom is -0.339 e. The minimum absolute atomic E-state index is 0.0262. The SMILES string of the molecule is NC[C@H](NC(=O)c1ccc(C=CC=Cc2cccc([N+](=O)[O-])c2)cc1)C(=O)NO. The van der Waals surface area contributed by atoms with Gasteiger partial charge in [0.05, 0.1) is 4.92 Å². The van der Waals surface area contributed by atoms with Gasteiger partial charge in [-0.15, -0.1) is 0 Å². The van der Waals surface area contributed by atoms with Crippen LogP contribution < -0.4 is 16.5 Å². The van der Waals surface area contributed by atoms with Gasteiger partial charge in [-0.05, 0) is 23.3 Å². The summed E-state index contributed by atoms with van der Waals surface area (Å²) >= 11 is 0. The Labute approximate surface area is 166 Å². The molecule has 29 heavy (non-hydrogen) atoms. The molecule has 0 spiro atoms. The lowest BCUT2D eigenvalue weighted by Crippen LogP contribution is -2.50. The Morgan fingerprint density at radius 2 is 1.76 bits per heavy atom. The molecule has 0 saturated carbocycles. The first-order chi connectivity index (χ1) is 13.9. The molecule has 0 bridgehead atoms. The maximum atomic E-state index is 12.1. The highest BCUT2D eigenvalue weighted by atomic mass is 16.6. The number of hydrogen-bond donors (Lipinski definition) is 4. The lowest BCUT2D eigenvalue weighted by atomic mass is 10.1. The molecule has 0 aromatic heterocycles. The van der Waals surface area contributed by atoms with Crippen LogP contribution in [0.5, 0.6) is 0 Å². The van der Waals surface area contributed by atoms with E-state index in [1.165, 1.54) is 17.6 Å². The molecular formula is C20H20N4O5. The molecule has 2 aromatic carbocycles. The molecule has 2 rings (SSSR count). The van der Waals surface area contributed by atoms with Crippen LogP contribution in [0, 0.1) is 10.1 Å². The number of carbonyl (C=O) groups is 2. The fourth-order valence-corrected chi connectivity index (χ4v) is 2.37. The van der Waals surface area contributed by atoms with Crippen molar-refractivity contribution in [3.05, 3.63) is 87.5 Å². The van der Waals surface area contributed by atoms with E-state index in [0.29, 0.717) is 11.1 Å². The standard InChI is InChI=1S/C20H20N4O5/c21-13-18(20(26)23-27)22-19(25)16-10-8-14(9-11-16)4-1-2-5-15-6-3-7-17(12-15)24(28)29/h1-12,18,27H,13,21H2,(H,22,25)(H,23,26)/t18-/m0/s1. The molecule has 1 atom stereocenters. The molecular weight excluding hydrogens is 376 g/mol. The average Bonchev–Trinajstić information content (AvgIpc) is 2.75. The summed E-state index contributed by atoms with van der Waals surface area (Å²) in [5, 5.41) is 21.8. The molecule has 2 aromatic rings. The lowest BCUT2D eigenvalue weighted by molar-refractivity contribution is -0.384. The van der Waals surface area contributed by atoms with E-state index in [4.69, 9.17) is 10.9 Å². The molecule has 0 aliphatic heterocycles. The summed E-state index contributed by atoms with van der Waals surface area (Å²) < 4.78 is 0. The van der Waals surface area contributed by atoms with Crippen LogP contribution >= 0.6 is 0 Å². The van der Waals surface area contributed by atoms with Gasteiger partial charge in [0.2, 0.25) is 0 Å². The summed E-state index contributed by atoms with van der Waals surface area (Å²) in [6.07, 6.45) is 7.06. The monoisotopic (exact) mass is 396 g/mol. The predicted molar refractivity (Wildman–Crippen MR) is 108 cm³/mol. The van der Waals surface area contributed by atoms with Crippen LogP contribution in [-0.4, -0.2) is 34.5 Å². The maximum Gasteiger partial charge on any atom is 0.270 e. The summed E-state index contributed by atoms with van der Waals surface area (Å²) in [6.45, 7) is -0.157. The number of nitrogens with one attached hydrogen (secondary N) is 2. The van der Waals surface area contributed by atoms with Gasteiger partial charge in [0, 0.05) is 24.2 Å². The molecule has 0 saturated heterocycles. The molecule has 2 amide bonds. The topological polar surface area (TPSA) is 148 Å². The van der Waals surface area contributed by atoms with Crippen LogP contribution in [-0.2, 0) is 4.79 Å². The van der Waals surface area contributed by atoms with E-state index >= 15 is 0 Å². The Balaban J connectivity index is 1.98. The van der Waals surface area contributed by atoms with Crippen molar-refractivity contribution in [3.8, 4) is 0 Å². The second-order valence-corrected chi connectivity index (χ2v) is 5.93. The number of carbonyl (C=O) groups excluding carboxylic acids is 2. The number of rotatable bonds is 8.